The van der Waals surface area contributed by atoms with Crippen LogP contribution in [-0.2, 0) is 6.54 Å². The summed E-state index contributed by atoms with van der Waals surface area (Å²) < 4.78 is 5.03. The number of nitrogens with zero attached hydrogens (tertiary/aromatic N) is 4. The first-order valence-corrected chi connectivity index (χ1v) is 6.61. The van der Waals surface area contributed by atoms with E-state index in [9.17, 15) is 0 Å². The molecule has 108 valence electrons. The highest BCUT2D eigenvalue weighted by atomic mass is 16.3. The van der Waals surface area contributed by atoms with E-state index < -0.39 is 0 Å². The molecule has 0 aliphatic carbocycles. The molecular weight excluding hydrogens is 256 g/mol. The van der Waals surface area contributed by atoms with Gasteiger partial charge in [-0.15, -0.1) is 0 Å². The van der Waals surface area contributed by atoms with Gasteiger partial charge in [-0.3, -0.25) is 0 Å². The minimum Gasteiger partial charge on any atom is -0.472 e. The third kappa shape index (κ3) is 3.84. The molecule has 7 heteroatoms. The summed E-state index contributed by atoms with van der Waals surface area (Å²) in [5.41, 5.74) is 1.04. The van der Waals surface area contributed by atoms with Crippen molar-refractivity contribution in [3.63, 3.8) is 0 Å². The highest BCUT2D eigenvalue weighted by Crippen LogP contribution is 2.12. The van der Waals surface area contributed by atoms with Gasteiger partial charge in [-0.25, -0.2) is 0 Å². The second-order valence-corrected chi connectivity index (χ2v) is 4.59. The number of hydrogen-bond donors (Lipinski definition) is 2. The fourth-order valence-electron chi connectivity index (χ4n) is 1.53. The maximum atomic E-state index is 5.03. The van der Waals surface area contributed by atoms with Crippen LogP contribution in [-0.4, -0.2) is 35.6 Å². The van der Waals surface area contributed by atoms with Crippen LogP contribution in [0.5, 0.6) is 0 Å². The van der Waals surface area contributed by atoms with Crippen molar-refractivity contribution < 1.29 is 4.42 Å². The van der Waals surface area contributed by atoms with Crippen molar-refractivity contribution in [1.29, 1.82) is 0 Å². The summed E-state index contributed by atoms with van der Waals surface area (Å²) in [7, 11) is 3.80. The van der Waals surface area contributed by atoms with Crippen molar-refractivity contribution in [2.75, 3.05) is 36.2 Å². The Morgan fingerprint density at radius 1 is 1.15 bits per heavy atom. The van der Waals surface area contributed by atoms with E-state index in [1.165, 1.54) is 0 Å². The predicted molar refractivity (Wildman–Crippen MR) is 79.0 cm³/mol. The van der Waals surface area contributed by atoms with E-state index in [0.29, 0.717) is 24.4 Å². The molecule has 0 amide bonds. The second kappa shape index (κ2) is 6.74. The summed E-state index contributed by atoms with van der Waals surface area (Å²) >= 11 is 0. The van der Waals surface area contributed by atoms with E-state index in [0.717, 1.165) is 18.5 Å². The Balaban J connectivity index is 2.11. The Morgan fingerprint density at radius 2 is 1.90 bits per heavy atom. The largest absolute Gasteiger partial charge is 0.472 e. The minimum atomic E-state index is 0.545. The van der Waals surface area contributed by atoms with E-state index in [4.69, 9.17) is 4.42 Å². The molecule has 0 saturated carbocycles. The molecule has 0 aromatic carbocycles. The molecule has 0 unspecified atom stereocenters. The van der Waals surface area contributed by atoms with Gasteiger partial charge in [0.25, 0.3) is 0 Å². The molecule has 0 radical (unpaired) electrons. The Bertz CT molecular complexity index is 526. The summed E-state index contributed by atoms with van der Waals surface area (Å²) in [5, 5.41) is 6.35. The van der Waals surface area contributed by atoms with Crippen LogP contribution in [0, 0.1) is 0 Å². The number of anilines is 3. The van der Waals surface area contributed by atoms with Gasteiger partial charge in [0.15, 0.2) is 0 Å². The van der Waals surface area contributed by atoms with E-state index in [-0.39, 0.29) is 0 Å². The molecule has 2 aromatic rings. The summed E-state index contributed by atoms with van der Waals surface area (Å²) in [5.74, 6) is 1.75. The Hall–Kier alpha value is -2.31. The molecule has 2 rings (SSSR count). The zero-order valence-electron chi connectivity index (χ0n) is 12.1. The topological polar surface area (TPSA) is 79.1 Å². The SMILES string of the molecule is CCCNc1nc(NCc2ccoc2)nc(N(C)C)n1. The van der Waals surface area contributed by atoms with Crippen LogP contribution in [0.3, 0.4) is 0 Å². The van der Waals surface area contributed by atoms with E-state index in [1.807, 2.05) is 25.1 Å². The van der Waals surface area contributed by atoms with Gasteiger partial charge in [-0.05, 0) is 12.5 Å². The number of aromatic nitrogens is 3. The van der Waals surface area contributed by atoms with Crippen molar-refractivity contribution in [2.45, 2.75) is 19.9 Å². The lowest BCUT2D eigenvalue weighted by molar-refractivity contribution is 0.564. The normalized spacial score (nSPS) is 10.3. The average molecular weight is 276 g/mol. The van der Waals surface area contributed by atoms with Crippen LogP contribution < -0.4 is 15.5 Å². The molecule has 2 aromatic heterocycles. The first-order valence-electron chi connectivity index (χ1n) is 6.61. The monoisotopic (exact) mass is 276 g/mol. The fourth-order valence-corrected chi connectivity index (χ4v) is 1.53. The van der Waals surface area contributed by atoms with Crippen LogP contribution in [0.1, 0.15) is 18.9 Å². The smallest absolute Gasteiger partial charge is 0.231 e. The lowest BCUT2D eigenvalue weighted by atomic mass is 10.3. The third-order valence-electron chi connectivity index (χ3n) is 2.59. The van der Waals surface area contributed by atoms with Crippen LogP contribution in [0.2, 0.25) is 0 Å². The lowest BCUT2D eigenvalue weighted by Crippen LogP contribution is -2.17. The van der Waals surface area contributed by atoms with Gasteiger partial charge >= 0.3 is 0 Å². The first-order chi connectivity index (χ1) is 9.69. The molecule has 20 heavy (non-hydrogen) atoms. The van der Waals surface area contributed by atoms with Crippen LogP contribution in [0.25, 0.3) is 0 Å². The second-order valence-electron chi connectivity index (χ2n) is 4.59. The lowest BCUT2D eigenvalue weighted by Gasteiger charge is -2.13. The van der Waals surface area contributed by atoms with E-state index in [2.05, 4.69) is 32.5 Å². The number of hydrogen-bond acceptors (Lipinski definition) is 7. The standard InChI is InChI=1S/C13H20N6O/c1-4-6-14-11-16-12(18-13(17-11)19(2)3)15-8-10-5-7-20-9-10/h5,7,9H,4,6,8H2,1-3H3,(H2,14,15,16,17,18). The quantitative estimate of drug-likeness (QED) is 0.800. The van der Waals surface area contributed by atoms with Gasteiger partial charge in [-0.1, -0.05) is 6.92 Å². The van der Waals surface area contributed by atoms with Crippen LogP contribution >= 0.6 is 0 Å². The summed E-state index contributed by atoms with van der Waals surface area (Å²) in [6.45, 7) is 3.54. The molecule has 7 nitrogen and oxygen atoms in total. The van der Waals surface area contributed by atoms with Gasteiger partial charge in [0.05, 0.1) is 12.5 Å². The summed E-state index contributed by atoms with van der Waals surface area (Å²) in [6.07, 6.45) is 4.35. The Kier molecular flexibility index (Phi) is 4.75. The highest BCUT2D eigenvalue weighted by molar-refractivity contribution is 5.43. The molecule has 0 fully saturated rings. The molecule has 2 heterocycles. The zero-order chi connectivity index (χ0) is 14.4. The van der Waals surface area contributed by atoms with Crippen LogP contribution in [0.4, 0.5) is 17.8 Å². The average Bonchev–Trinajstić information content (AvgIpc) is 2.96. The molecule has 0 spiro atoms. The maximum Gasteiger partial charge on any atom is 0.231 e. The van der Waals surface area contributed by atoms with Crippen molar-refractivity contribution >= 4 is 17.8 Å². The molecule has 0 aliphatic rings. The molecule has 2 N–H and O–H groups in total. The zero-order valence-corrected chi connectivity index (χ0v) is 12.1. The van der Waals surface area contributed by atoms with Crippen molar-refractivity contribution in [3.05, 3.63) is 24.2 Å². The molecule has 0 aliphatic heterocycles. The number of furan rings is 1. The van der Waals surface area contributed by atoms with Crippen molar-refractivity contribution in [2.24, 2.45) is 0 Å². The van der Waals surface area contributed by atoms with Crippen molar-refractivity contribution in [3.8, 4) is 0 Å². The Morgan fingerprint density at radius 3 is 2.50 bits per heavy atom. The molecule has 0 atom stereocenters. The predicted octanol–water partition coefficient (Wildman–Crippen LogP) is 1.96. The first kappa shape index (κ1) is 14.1. The van der Waals surface area contributed by atoms with Gasteiger partial charge in [0.2, 0.25) is 17.8 Å². The summed E-state index contributed by atoms with van der Waals surface area (Å²) in [4.78, 5) is 14.9. The Labute approximate surface area is 118 Å². The minimum absolute atomic E-state index is 0.545. The maximum absolute atomic E-state index is 5.03. The van der Waals surface area contributed by atoms with Gasteiger partial charge in [0.1, 0.15) is 0 Å². The van der Waals surface area contributed by atoms with E-state index >= 15 is 0 Å². The van der Waals surface area contributed by atoms with E-state index in [1.54, 1.807) is 12.5 Å². The van der Waals surface area contributed by atoms with Crippen LogP contribution in [0.15, 0.2) is 23.0 Å². The third-order valence-corrected chi connectivity index (χ3v) is 2.59. The van der Waals surface area contributed by atoms with Gasteiger partial charge < -0.3 is 20.0 Å². The highest BCUT2D eigenvalue weighted by Gasteiger charge is 2.07. The fraction of sp³-hybridized carbons (Fsp3) is 0.462. The molecule has 0 saturated heterocycles. The van der Waals surface area contributed by atoms with Crippen molar-refractivity contribution in [1.82, 2.24) is 15.0 Å². The number of rotatable bonds is 7. The summed E-state index contributed by atoms with van der Waals surface area (Å²) in [6, 6.07) is 1.90. The van der Waals surface area contributed by atoms with Gasteiger partial charge in [-0.2, -0.15) is 15.0 Å². The molecular formula is C13H20N6O. The molecule has 0 bridgehead atoms. The number of nitrogens with one attached hydrogen (secondary N) is 2. The van der Waals surface area contributed by atoms with Gasteiger partial charge in [0, 0.05) is 32.7 Å².